The normalized spacial score (nSPS) is 19.6. The van der Waals surface area contributed by atoms with Crippen molar-refractivity contribution < 1.29 is 9.53 Å². The standard InChI is InChI=1S/C20H25N3O2/c1-25-17-11-5-10-16(13-17)18-14-19(23-22-18)20(24)21-12-6-9-15-7-3-2-4-8-15/h2-5,7-8,10-11,13,18-19,22-23H,6,9,12,14H2,1H3,(H,21,24). The highest BCUT2D eigenvalue weighted by Gasteiger charge is 2.29. The first-order valence-corrected chi connectivity index (χ1v) is 8.73. The van der Waals surface area contributed by atoms with Gasteiger partial charge in [-0.05, 0) is 42.5 Å². The Bertz CT molecular complexity index is 690. The summed E-state index contributed by atoms with van der Waals surface area (Å²) in [5, 5.41) is 3.02. The maximum absolute atomic E-state index is 12.3. The van der Waals surface area contributed by atoms with Gasteiger partial charge in [0.2, 0.25) is 5.91 Å². The molecule has 2 aromatic carbocycles. The number of hydrazine groups is 1. The summed E-state index contributed by atoms with van der Waals surface area (Å²) in [5.41, 5.74) is 8.72. The summed E-state index contributed by atoms with van der Waals surface area (Å²) >= 11 is 0. The maximum atomic E-state index is 12.3. The van der Waals surface area contributed by atoms with Crippen molar-refractivity contribution in [3.05, 3.63) is 65.7 Å². The highest BCUT2D eigenvalue weighted by atomic mass is 16.5. The summed E-state index contributed by atoms with van der Waals surface area (Å²) in [6, 6.07) is 18.1. The minimum absolute atomic E-state index is 0.0472. The third kappa shape index (κ3) is 4.81. The molecule has 1 fully saturated rings. The fourth-order valence-electron chi connectivity index (χ4n) is 3.08. The van der Waals surface area contributed by atoms with Crippen molar-refractivity contribution in [1.29, 1.82) is 0 Å². The second-order valence-corrected chi connectivity index (χ2v) is 6.29. The second-order valence-electron chi connectivity index (χ2n) is 6.29. The lowest BCUT2D eigenvalue weighted by Gasteiger charge is -2.11. The van der Waals surface area contributed by atoms with Crippen LogP contribution in [-0.4, -0.2) is 25.6 Å². The highest BCUT2D eigenvalue weighted by Crippen LogP contribution is 2.25. The van der Waals surface area contributed by atoms with Crippen LogP contribution in [0.25, 0.3) is 0 Å². The number of hydrogen-bond donors (Lipinski definition) is 3. The van der Waals surface area contributed by atoms with Gasteiger partial charge in [-0.3, -0.25) is 4.79 Å². The van der Waals surface area contributed by atoms with Crippen molar-refractivity contribution in [3.63, 3.8) is 0 Å². The van der Waals surface area contributed by atoms with Crippen LogP contribution >= 0.6 is 0 Å². The Balaban J connectivity index is 1.43. The van der Waals surface area contributed by atoms with Crippen LogP contribution in [0.3, 0.4) is 0 Å². The Morgan fingerprint density at radius 1 is 1.16 bits per heavy atom. The molecule has 5 heteroatoms. The number of aryl methyl sites for hydroxylation is 1. The van der Waals surface area contributed by atoms with Crippen molar-refractivity contribution in [3.8, 4) is 5.75 Å². The number of ether oxygens (including phenoxy) is 1. The van der Waals surface area contributed by atoms with Gasteiger partial charge < -0.3 is 10.1 Å². The molecule has 1 aliphatic rings. The lowest BCUT2D eigenvalue weighted by molar-refractivity contribution is -0.122. The van der Waals surface area contributed by atoms with Crippen molar-refractivity contribution in [2.45, 2.75) is 31.3 Å². The molecule has 2 unspecified atom stereocenters. The number of rotatable bonds is 7. The summed E-state index contributed by atoms with van der Waals surface area (Å²) in [6.07, 6.45) is 2.64. The summed E-state index contributed by atoms with van der Waals surface area (Å²) in [7, 11) is 1.66. The molecule has 0 spiro atoms. The molecule has 1 saturated heterocycles. The van der Waals surface area contributed by atoms with Crippen LogP contribution in [0.1, 0.15) is 30.0 Å². The molecule has 132 valence electrons. The zero-order chi connectivity index (χ0) is 17.5. The molecule has 25 heavy (non-hydrogen) atoms. The van der Waals surface area contributed by atoms with Gasteiger partial charge in [-0.2, -0.15) is 0 Å². The SMILES string of the molecule is COc1cccc(C2CC(C(=O)NCCCc3ccccc3)NN2)c1. The molecule has 2 aromatic rings. The Morgan fingerprint density at radius 3 is 2.80 bits per heavy atom. The highest BCUT2D eigenvalue weighted by molar-refractivity contribution is 5.82. The summed E-state index contributed by atoms with van der Waals surface area (Å²) in [5.74, 6) is 0.874. The molecule has 0 bridgehead atoms. The van der Waals surface area contributed by atoms with Gasteiger partial charge in [-0.1, -0.05) is 42.5 Å². The molecule has 3 N–H and O–H groups in total. The van der Waals surface area contributed by atoms with Crippen LogP contribution in [0.2, 0.25) is 0 Å². The van der Waals surface area contributed by atoms with Gasteiger partial charge in [0.25, 0.3) is 0 Å². The van der Waals surface area contributed by atoms with E-state index in [2.05, 4.69) is 28.3 Å². The lowest BCUT2D eigenvalue weighted by Crippen LogP contribution is -2.43. The molecule has 0 saturated carbocycles. The molecule has 0 aliphatic carbocycles. The van der Waals surface area contributed by atoms with E-state index in [0.29, 0.717) is 6.54 Å². The first-order valence-electron chi connectivity index (χ1n) is 8.73. The molecule has 3 rings (SSSR count). The molecule has 1 amide bonds. The third-order valence-corrected chi connectivity index (χ3v) is 4.50. The largest absolute Gasteiger partial charge is 0.497 e. The van der Waals surface area contributed by atoms with E-state index in [1.54, 1.807) is 7.11 Å². The van der Waals surface area contributed by atoms with Gasteiger partial charge in [0.05, 0.1) is 7.11 Å². The predicted octanol–water partition coefficient (Wildman–Crippen LogP) is 2.35. The Labute approximate surface area is 148 Å². The van der Waals surface area contributed by atoms with Crippen LogP contribution < -0.4 is 20.9 Å². The van der Waals surface area contributed by atoms with Crippen LogP contribution in [0.15, 0.2) is 54.6 Å². The number of methoxy groups -OCH3 is 1. The van der Waals surface area contributed by atoms with Gasteiger partial charge in [0, 0.05) is 12.6 Å². The zero-order valence-electron chi connectivity index (χ0n) is 14.5. The number of hydrogen-bond acceptors (Lipinski definition) is 4. The van der Waals surface area contributed by atoms with E-state index in [1.165, 1.54) is 5.56 Å². The maximum Gasteiger partial charge on any atom is 0.238 e. The molecule has 5 nitrogen and oxygen atoms in total. The lowest BCUT2D eigenvalue weighted by atomic mass is 10.0. The fraction of sp³-hybridized carbons (Fsp3) is 0.350. The van der Waals surface area contributed by atoms with E-state index in [1.807, 2.05) is 42.5 Å². The first kappa shape index (κ1) is 17.5. The van der Waals surface area contributed by atoms with E-state index in [4.69, 9.17) is 4.74 Å². The molecule has 1 heterocycles. The van der Waals surface area contributed by atoms with Gasteiger partial charge in [-0.25, -0.2) is 10.9 Å². The quantitative estimate of drug-likeness (QED) is 0.678. The van der Waals surface area contributed by atoms with Crippen LogP contribution in [0, 0.1) is 0 Å². The zero-order valence-corrected chi connectivity index (χ0v) is 14.5. The van der Waals surface area contributed by atoms with E-state index in [0.717, 1.165) is 30.6 Å². The summed E-state index contributed by atoms with van der Waals surface area (Å²) in [4.78, 5) is 12.3. The average molecular weight is 339 g/mol. The fourth-order valence-corrected chi connectivity index (χ4v) is 3.08. The predicted molar refractivity (Wildman–Crippen MR) is 98.2 cm³/mol. The topological polar surface area (TPSA) is 62.4 Å². The van der Waals surface area contributed by atoms with Crippen molar-refractivity contribution in [1.82, 2.24) is 16.2 Å². The van der Waals surface area contributed by atoms with Crippen molar-refractivity contribution >= 4 is 5.91 Å². The second kappa shape index (κ2) is 8.65. The average Bonchev–Trinajstić information content (AvgIpc) is 3.16. The van der Waals surface area contributed by atoms with Gasteiger partial charge in [-0.15, -0.1) is 0 Å². The number of benzene rings is 2. The van der Waals surface area contributed by atoms with Crippen LogP contribution in [0.4, 0.5) is 0 Å². The van der Waals surface area contributed by atoms with Crippen LogP contribution in [-0.2, 0) is 11.2 Å². The van der Waals surface area contributed by atoms with Gasteiger partial charge in [0.15, 0.2) is 0 Å². The van der Waals surface area contributed by atoms with Gasteiger partial charge in [0.1, 0.15) is 11.8 Å². The Morgan fingerprint density at radius 2 is 2.00 bits per heavy atom. The summed E-state index contributed by atoms with van der Waals surface area (Å²) in [6.45, 7) is 0.690. The smallest absolute Gasteiger partial charge is 0.238 e. The Hall–Kier alpha value is -2.37. The molecule has 2 atom stereocenters. The molecule has 1 aliphatic heterocycles. The van der Waals surface area contributed by atoms with E-state index in [9.17, 15) is 4.79 Å². The third-order valence-electron chi connectivity index (χ3n) is 4.50. The molecule has 0 radical (unpaired) electrons. The summed E-state index contributed by atoms with van der Waals surface area (Å²) < 4.78 is 5.26. The van der Waals surface area contributed by atoms with E-state index >= 15 is 0 Å². The minimum atomic E-state index is -0.215. The number of amides is 1. The number of carbonyl (C=O) groups excluding carboxylic acids is 1. The van der Waals surface area contributed by atoms with Gasteiger partial charge >= 0.3 is 0 Å². The van der Waals surface area contributed by atoms with Crippen molar-refractivity contribution in [2.24, 2.45) is 0 Å². The Kier molecular flexibility index (Phi) is 6.04. The first-order chi connectivity index (χ1) is 12.3. The minimum Gasteiger partial charge on any atom is -0.497 e. The molecular formula is C20H25N3O2. The van der Waals surface area contributed by atoms with Crippen LogP contribution in [0.5, 0.6) is 5.75 Å². The van der Waals surface area contributed by atoms with Crippen molar-refractivity contribution in [2.75, 3.05) is 13.7 Å². The molecule has 0 aromatic heterocycles. The van der Waals surface area contributed by atoms with E-state index in [-0.39, 0.29) is 18.0 Å². The number of nitrogens with one attached hydrogen (secondary N) is 3. The van der Waals surface area contributed by atoms with E-state index < -0.39 is 0 Å². The monoisotopic (exact) mass is 339 g/mol. The number of carbonyl (C=O) groups is 1. The molecular weight excluding hydrogens is 314 g/mol.